The molecular formula is C45H30N4O2. The van der Waals surface area contributed by atoms with Crippen LogP contribution in [0.3, 0.4) is 0 Å². The van der Waals surface area contributed by atoms with Gasteiger partial charge in [-0.1, -0.05) is 79.7 Å². The molecule has 1 unspecified atom stereocenters. The zero-order valence-electron chi connectivity index (χ0n) is 27.7. The van der Waals surface area contributed by atoms with Gasteiger partial charge in [0.1, 0.15) is 11.2 Å². The number of pyridine rings is 2. The minimum atomic E-state index is 0.316. The number of allylic oxidation sites excluding steroid dienone is 1. The number of fused-ring (bicyclic) bond motifs is 10. The molecule has 0 bridgehead atoms. The zero-order valence-corrected chi connectivity index (χ0v) is 27.7. The van der Waals surface area contributed by atoms with Crippen LogP contribution in [0.4, 0.5) is 0 Å². The van der Waals surface area contributed by atoms with E-state index in [0.717, 1.165) is 95.7 Å². The van der Waals surface area contributed by atoms with Crippen LogP contribution >= 0.6 is 0 Å². The monoisotopic (exact) mass is 658 g/mol. The molecule has 51 heavy (non-hydrogen) atoms. The Bertz CT molecular complexity index is 3010. The average Bonchev–Trinajstić information content (AvgIpc) is 3.92. The molecule has 4 aromatic carbocycles. The van der Waals surface area contributed by atoms with Crippen molar-refractivity contribution in [3.05, 3.63) is 151 Å². The molecule has 0 spiro atoms. The Morgan fingerprint density at radius 1 is 0.588 bits per heavy atom. The van der Waals surface area contributed by atoms with E-state index in [1.54, 1.807) is 0 Å². The summed E-state index contributed by atoms with van der Waals surface area (Å²) in [5.41, 5.74) is 12.4. The van der Waals surface area contributed by atoms with Crippen molar-refractivity contribution in [2.75, 3.05) is 0 Å². The lowest BCUT2D eigenvalue weighted by Gasteiger charge is -2.21. The first kappa shape index (κ1) is 28.2. The molecule has 1 atom stereocenters. The van der Waals surface area contributed by atoms with Crippen LogP contribution in [0.2, 0.25) is 0 Å². The van der Waals surface area contributed by atoms with Gasteiger partial charge in [-0.15, -0.1) is 0 Å². The molecule has 0 saturated heterocycles. The van der Waals surface area contributed by atoms with Gasteiger partial charge in [-0.2, -0.15) is 0 Å². The molecule has 0 fully saturated rings. The van der Waals surface area contributed by atoms with E-state index in [4.69, 9.17) is 18.8 Å². The molecular weight excluding hydrogens is 629 g/mol. The minimum absolute atomic E-state index is 0.316. The van der Waals surface area contributed by atoms with Gasteiger partial charge in [0.25, 0.3) is 0 Å². The molecule has 242 valence electrons. The number of nitrogens with zero attached hydrogens (tertiary/aromatic N) is 4. The number of para-hydroxylation sites is 3. The molecule has 0 N–H and O–H groups in total. The highest BCUT2D eigenvalue weighted by Gasteiger charge is 2.31. The van der Waals surface area contributed by atoms with Gasteiger partial charge < -0.3 is 8.83 Å². The number of benzene rings is 4. The van der Waals surface area contributed by atoms with Gasteiger partial charge in [0.15, 0.2) is 0 Å². The maximum absolute atomic E-state index is 6.86. The van der Waals surface area contributed by atoms with E-state index in [0.29, 0.717) is 5.92 Å². The molecule has 1 aliphatic rings. The van der Waals surface area contributed by atoms with Crippen molar-refractivity contribution in [2.24, 2.45) is 0 Å². The van der Waals surface area contributed by atoms with Crippen molar-refractivity contribution >= 4 is 61.1 Å². The van der Waals surface area contributed by atoms with Gasteiger partial charge in [0, 0.05) is 39.7 Å². The average molecular weight is 659 g/mol. The van der Waals surface area contributed by atoms with Crippen LogP contribution in [0, 0.1) is 0 Å². The Balaban J connectivity index is 1.36. The predicted molar refractivity (Wildman–Crippen MR) is 206 cm³/mol. The van der Waals surface area contributed by atoms with Crippen LogP contribution < -0.4 is 0 Å². The fraction of sp³-hybridized carbons (Fsp3) is 0.0667. The lowest BCUT2D eigenvalue weighted by atomic mass is 9.90. The Morgan fingerprint density at radius 2 is 1.14 bits per heavy atom. The topological polar surface area (TPSA) is 61.9 Å². The van der Waals surface area contributed by atoms with E-state index < -0.39 is 0 Å². The number of aromatic nitrogens is 4. The van der Waals surface area contributed by atoms with Gasteiger partial charge in [-0.3, -0.25) is 19.1 Å². The van der Waals surface area contributed by atoms with Gasteiger partial charge in [-0.05, 0) is 78.6 Å². The minimum Gasteiger partial charge on any atom is -0.439 e. The van der Waals surface area contributed by atoms with Crippen LogP contribution in [-0.4, -0.2) is 19.1 Å². The van der Waals surface area contributed by atoms with Crippen molar-refractivity contribution < 1.29 is 8.83 Å². The molecule has 10 aromatic rings. The summed E-state index contributed by atoms with van der Waals surface area (Å²) >= 11 is 0. The van der Waals surface area contributed by atoms with E-state index in [2.05, 4.69) is 107 Å². The van der Waals surface area contributed by atoms with E-state index in [-0.39, 0.29) is 0 Å². The molecule has 6 nitrogen and oxygen atoms in total. The van der Waals surface area contributed by atoms with Crippen molar-refractivity contribution in [1.29, 1.82) is 0 Å². The SMILES string of the molecule is CC1CC=Cc2c1c1c3ccccc3oc1n2-c1cc(-c2ccccn2)c(-c2ccccn2)cc1-n1c2ccccc2c2c3ccccc3oc21. The van der Waals surface area contributed by atoms with Crippen molar-refractivity contribution in [3.8, 4) is 33.9 Å². The molecule has 6 aromatic heterocycles. The summed E-state index contributed by atoms with van der Waals surface area (Å²) in [5.74, 6) is 0.316. The quantitative estimate of drug-likeness (QED) is 0.189. The number of hydrogen-bond acceptors (Lipinski definition) is 4. The van der Waals surface area contributed by atoms with E-state index in [1.165, 1.54) is 10.9 Å². The Morgan fingerprint density at radius 3 is 1.78 bits per heavy atom. The van der Waals surface area contributed by atoms with Crippen LogP contribution in [0.15, 0.2) is 149 Å². The lowest BCUT2D eigenvalue weighted by molar-refractivity contribution is 0.638. The summed E-state index contributed by atoms with van der Waals surface area (Å²) in [6.45, 7) is 2.32. The normalized spacial score (nSPS) is 14.4. The third-order valence-corrected chi connectivity index (χ3v) is 10.5. The molecule has 0 radical (unpaired) electrons. The first-order chi connectivity index (χ1) is 25.2. The fourth-order valence-corrected chi connectivity index (χ4v) is 8.29. The van der Waals surface area contributed by atoms with Crippen LogP contribution in [0.5, 0.6) is 0 Å². The maximum Gasteiger partial charge on any atom is 0.213 e. The fourth-order valence-electron chi connectivity index (χ4n) is 8.29. The largest absolute Gasteiger partial charge is 0.439 e. The summed E-state index contributed by atoms with van der Waals surface area (Å²) in [6, 6.07) is 41.9. The van der Waals surface area contributed by atoms with Crippen molar-refractivity contribution in [2.45, 2.75) is 19.3 Å². The Kier molecular flexibility index (Phi) is 5.90. The summed E-state index contributed by atoms with van der Waals surface area (Å²) in [4.78, 5) is 9.75. The van der Waals surface area contributed by atoms with Crippen molar-refractivity contribution in [1.82, 2.24) is 19.1 Å². The zero-order chi connectivity index (χ0) is 33.6. The third-order valence-electron chi connectivity index (χ3n) is 10.5. The van der Waals surface area contributed by atoms with Crippen molar-refractivity contribution in [3.63, 3.8) is 0 Å². The van der Waals surface area contributed by atoms with E-state index in [1.807, 2.05) is 54.9 Å². The van der Waals surface area contributed by atoms with Gasteiger partial charge in [0.2, 0.25) is 11.4 Å². The molecule has 11 rings (SSSR count). The smallest absolute Gasteiger partial charge is 0.213 e. The standard InChI is InChI=1S/C45H30N4O2/c1-27-13-12-20-36-41(27)43-30-16-4-7-22-40(30)51-45(43)49(36)38-26-32(34-18-9-11-24-47-34)31(33-17-8-10-23-46-33)25-37(38)48-35-19-5-2-14-28(35)42-29-15-3-6-21-39(29)50-44(42)48/h2-12,14-27H,13H2,1H3. The number of rotatable bonds is 4. The number of furan rings is 2. The summed E-state index contributed by atoms with van der Waals surface area (Å²) in [6.07, 6.45) is 9.22. The van der Waals surface area contributed by atoms with Crippen LogP contribution in [-0.2, 0) is 0 Å². The third kappa shape index (κ3) is 3.98. The van der Waals surface area contributed by atoms with Gasteiger partial charge in [0.05, 0.1) is 44.7 Å². The highest BCUT2D eigenvalue weighted by molar-refractivity contribution is 6.20. The second-order valence-corrected chi connectivity index (χ2v) is 13.4. The Labute approximate surface area is 292 Å². The molecule has 6 heteroatoms. The van der Waals surface area contributed by atoms with Gasteiger partial charge >= 0.3 is 0 Å². The molecule has 0 amide bonds. The molecule has 0 aliphatic heterocycles. The highest BCUT2D eigenvalue weighted by Crippen LogP contribution is 2.48. The summed E-state index contributed by atoms with van der Waals surface area (Å²) < 4.78 is 18.3. The Hall–Kier alpha value is -6.66. The first-order valence-electron chi connectivity index (χ1n) is 17.4. The molecule has 1 aliphatic carbocycles. The molecule has 0 saturated carbocycles. The molecule has 6 heterocycles. The van der Waals surface area contributed by atoms with Gasteiger partial charge in [-0.25, -0.2) is 0 Å². The van der Waals surface area contributed by atoms with E-state index >= 15 is 0 Å². The summed E-state index contributed by atoms with van der Waals surface area (Å²) in [7, 11) is 0. The maximum atomic E-state index is 6.86. The predicted octanol–water partition coefficient (Wildman–Crippen LogP) is 11.9. The second kappa shape index (κ2) is 10.7. The van der Waals surface area contributed by atoms with E-state index in [9.17, 15) is 0 Å². The first-order valence-corrected chi connectivity index (χ1v) is 17.4. The van der Waals surface area contributed by atoms with Crippen LogP contribution in [0.1, 0.15) is 30.5 Å². The summed E-state index contributed by atoms with van der Waals surface area (Å²) in [5, 5.41) is 5.62. The van der Waals surface area contributed by atoms with Crippen LogP contribution in [0.25, 0.3) is 95.0 Å². The number of hydrogen-bond donors (Lipinski definition) is 0. The highest BCUT2D eigenvalue weighted by atomic mass is 16.3. The lowest BCUT2D eigenvalue weighted by Crippen LogP contribution is -2.08. The second-order valence-electron chi connectivity index (χ2n) is 13.4.